The van der Waals surface area contributed by atoms with Crippen molar-refractivity contribution in [3.05, 3.63) is 106 Å². The number of aryl methyl sites for hydroxylation is 1. The summed E-state index contributed by atoms with van der Waals surface area (Å²) in [4.78, 5) is 11.6. The Morgan fingerprint density at radius 1 is 0.714 bits per heavy atom. The summed E-state index contributed by atoms with van der Waals surface area (Å²) in [6, 6.07) is 24.3. The highest BCUT2D eigenvalue weighted by Crippen LogP contribution is 2.30. The molecule has 0 spiro atoms. The van der Waals surface area contributed by atoms with Gasteiger partial charge in [-0.3, -0.25) is 4.79 Å². The minimum atomic E-state index is 0.0126. The second-order valence-electron chi connectivity index (χ2n) is 5.17. The molecule has 2 nitrogen and oxygen atoms in total. The van der Waals surface area contributed by atoms with Gasteiger partial charge < -0.3 is 4.57 Å². The van der Waals surface area contributed by atoms with Gasteiger partial charge in [-0.1, -0.05) is 66.7 Å². The maximum absolute atomic E-state index is 11.6. The molecule has 3 aromatic rings. The van der Waals surface area contributed by atoms with Crippen molar-refractivity contribution in [1.29, 1.82) is 0 Å². The lowest BCUT2D eigenvalue weighted by atomic mass is 9.86. The summed E-state index contributed by atoms with van der Waals surface area (Å²) in [6.07, 6.45) is 1.92. The first-order chi connectivity index (χ1) is 10.3. The van der Waals surface area contributed by atoms with E-state index in [1.54, 1.807) is 17.7 Å². The van der Waals surface area contributed by atoms with Crippen LogP contribution in [-0.4, -0.2) is 4.57 Å². The molecule has 0 fully saturated rings. The van der Waals surface area contributed by atoms with Crippen molar-refractivity contribution in [2.75, 3.05) is 0 Å². The van der Waals surface area contributed by atoms with Crippen LogP contribution in [0.5, 0.6) is 0 Å². The fraction of sp³-hybridized carbons (Fsp3) is 0.105. The smallest absolute Gasteiger partial charge is 0.250 e. The van der Waals surface area contributed by atoms with Crippen molar-refractivity contribution in [2.24, 2.45) is 7.05 Å². The van der Waals surface area contributed by atoms with Gasteiger partial charge in [0.1, 0.15) is 0 Å². The first kappa shape index (κ1) is 13.4. The summed E-state index contributed by atoms with van der Waals surface area (Å²) in [5.41, 5.74) is 3.58. The molecule has 0 amide bonds. The molecule has 104 valence electrons. The molecule has 0 aliphatic heterocycles. The van der Waals surface area contributed by atoms with Crippen LogP contribution in [0, 0.1) is 0 Å². The highest BCUT2D eigenvalue weighted by molar-refractivity contribution is 5.41. The molecule has 3 rings (SSSR count). The van der Waals surface area contributed by atoms with Crippen LogP contribution >= 0.6 is 0 Å². The summed E-state index contributed by atoms with van der Waals surface area (Å²) in [6.45, 7) is 0. The van der Waals surface area contributed by atoms with E-state index in [0.29, 0.717) is 0 Å². The summed E-state index contributed by atoms with van der Waals surface area (Å²) >= 11 is 0. The predicted molar refractivity (Wildman–Crippen MR) is 85.5 cm³/mol. The molecule has 0 bridgehead atoms. The topological polar surface area (TPSA) is 22.0 Å². The van der Waals surface area contributed by atoms with Crippen LogP contribution < -0.4 is 5.56 Å². The van der Waals surface area contributed by atoms with Gasteiger partial charge in [0.2, 0.25) is 5.56 Å². The molecular weight excluding hydrogens is 258 g/mol. The van der Waals surface area contributed by atoms with Crippen LogP contribution in [0.1, 0.15) is 22.6 Å². The maximum Gasteiger partial charge on any atom is 0.250 e. The van der Waals surface area contributed by atoms with E-state index in [4.69, 9.17) is 0 Å². The molecule has 1 heterocycles. The number of nitrogens with zero attached hydrogens (tertiary/aromatic N) is 1. The quantitative estimate of drug-likeness (QED) is 0.716. The van der Waals surface area contributed by atoms with Crippen molar-refractivity contribution in [2.45, 2.75) is 5.92 Å². The third kappa shape index (κ3) is 2.79. The molecule has 0 aliphatic carbocycles. The SMILES string of the molecule is Cn1cc(C(c2ccccc2)c2ccccc2)ccc1=O. The molecule has 0 atom stereocenters. The van der Waals surface area contributed by atoms with Gasteiger partial charge in [-0.2, -0.15) is 0 Å². The van der Waals surface area contributed by atoms with Gasteiger partial charge in [-0.15, -0.1) is 0 Å². The summed E-state index contributed by atoms with van der Waals surface area (Å²) in [5.74, 6) is 0.138. The standard InChI is InChI=1S/C19H17NO/c1-20-14-17(12-13-18(20)21)19(15-8-4-2-5-9-15)16-10-6-3-7-11-16/h2-14,19H,1H3. The maximum atomic E-state index is 11.6. The lowest BCUT2D eigenvalue weighted by Gasteiger charge is -2.19. The number of pyridine rings is 1. The van der Waals surface area contributed by atoms with E-state index in [0.717, 1.165) is 5.56 Å². The van der Waals surface area contributed by atoms with Gasteiger partial charge in [0, 0.05) is 25.2 Å². The number of aromatic nitrogens is 1. The largest absolute Gasteiger partial charge is 0.318 e. The van der Waals surface area contributed by atoms with E-state index in [2.05, 4.69) is 24.3 Å². The van der Waals surface area contributed by atoms with Gasteiger partial charge in [0.05, 0.1) is 0 Å². The van der Waals surface area contributed by atoms with Gasteiger partial charge in [-0.05, 0) is 16.7 Å². The highest BCUT2D eigenvalue weighted by atomic mass is 16.1. The average molecular weight is 275 g/mol. The Labute approximate surface area is 124 Å². The van der Waals surface area contributed by atoms with Crippen molar-refractivity contribution < 1.29 is 0 Å². The van der Waals surface area contributed by atoms with Crippen LogP contribution in [-0.2, 0) is 7.05 Å². The van der Waals surface area contributed by atoms with Crippen LogP contribution in [0.4, 0.5) is 0 Å². The van der Waals surface area contributed by atoms with Crippen molar-refractivity contribution in [3.8, 4) is 0 Å². The zero-order chi connectivity index (χ0) is 14.7. The average Bonchev–Trinajstić information content (AvgIpc) is 2.53. The van der Waals surface area contributed by atoms with Gasteiger partial charge in [-0.25, -0.2) is 0 Å². The minimum absolute atomic E-state index is 0.0126. The van der Waals surface area contributed by atoms with E-state index in [-0.39, 0.29) is 11.5 Å². The molecular formula is C19H17NO. The number of benzene rings is 2. The van der Waals surface area contributed by atoms with Gasteiger partial charge in [0.15, 0.2) is 0 Å². The Balaban J connectivity index is 2.17. The van der Waals surface area contributed by atoms with Crippen LogP contribution in [0.2, 0.25) is 0 Å². The molecule has 2 aromatic carbocycles. The molecule has 0 saturated heterocycles. The second kappa shape index (κ2) is 5.80. The zero-order valence-corrected chi connectivity index (χ0v) is 11.9. The first-order valence-electron chi connectivity index (χ1n) is 7.02. The van der Waals surface area contributed by atoms with E-state index in [1.807, 2.05) is 48.7 Å². The fourth-order valence-corrected chi connectivity index (χ4v) is 2.65. The molecule has 0 saturated carbocycles. The van der Waals surface area contributed by atoms with E-state index < -0.39 is 0 Å². The second-order valence-corrected chi connectivity index (χ2v) is 5.17. The van der Waals surface area contributed by atoms with E-state index >= 15 is 0 Å². The third-order valence-corrected chi connectivity index (χ3v) is 3.71. The van der Waals surface area contributed by atoms with Gasteiger partial charge in [0.25, 0.3) is 0 Å². The van der Waals surface area contributed by atoms with Crippen LogP contribution in [0.3, 0.4) is 0 Å². The third-order valence-electron chi connectivity index (χ3n) is 3.71. The monoisotopic (exact) mass is 275 g/mol. The van der Waals surface area contributed by atoms with Crippen molar-refractivity contribution in [1.82, 2.24) is 4.57 Å². The molecule has 2 heteroatoms. The molecule has 0 aliphatic rings. The van der Waals surface area contributed by atoms with Crippen LogP contribution in [0.15, 0.2) is 83.8 Å². The fourth-order valence-electron chi connectivity index (χ4n) is 2.65. The highest BCUT2D eigenvalue weighted by Gasteiger charge is 2.16. The summed E-state index contributed by atoms with van der Waals surface area (Å²) < 4.78 is 1.63. The Morgan fingerprint density at radius 2 is 1.24 bits per heavy atom. The predicted octanol–water partition coefficient (Wildman–Crippen LogP) is 3.57. The number of hydrogen-bond acceptors (Lipinski definition) is 1. The van der Waals surface area contributed by atoms with Gasteiger partial charge >= 0.3 is 0 Å². The van der Waals surface area contributed by atoms with Crippen molar-refractivity contribution >= 4 is 0 Å². The Bertz CT molecular complexity index is 736. The van der Waals surface area contributed by atoms with Crippen LogP contribution in [0.25, 0.3) is 0 Å². The zero-order valence-electron chi connectivity index (χ0n) is 11.9. The minimum Gasteiger partial charge on any atom is -0.318 e. The first-order valence-corrected chi connectivity index (χ1v) is 7.02. The Kier molecular flexibility index (Phi) is 3.69. The number of rotatable bonds is 3. The molecule has 1 aromatic heterocycles. The molecule has 0 N–H and O–H groups in total. The number of hydrogen-bond donors (Lipinski definition) is 0. The lowest BCUT2D eigenvalue weighted by molar-refractivity contribution is 0.827. The molecule has 21 heavy (non-hydrogen) atoms. The molecule has 0 unspecified atom stereocenters. The summed E-state index contributed by atoms with van der Waals surface area (Å²) in [5, 5.41) is 0. The Hall–Kier alpha value is -2.61. The Morgan fingerprint density at radius 3 is 1.71 bits per heavy atom. The van der Waals surface area contributed by atoms with E-state index in [9.17, 15) is 4.79 Å². The molecule has 0 radical (unpaired) electrons. The lowest BCUT2D eigenvalue weighted by Crippen LogP contribution is -2.16. The summed E-state index contributed by atoms with van der Waals surface area (Å²) in [7, 11) is 1.79. The normalized spacial score (nSPS) is 10.8. The van der Waals surface area contributed by atoms with Crippen molar-refractivity contribution in [3.63, 3.8) is 0 Å². The van der Waals surface area contributed by atoms with E-state index in [1.165, 1.54) is 11.1 Å².